The number of benzene rings is 3. The van der Waals surface area contributed by atoms with Crippen LogP contribution in [0.2, 0.25) is 0 Å². The van der Waals surface area contributed by atoms with E-state index in [2.05, 4.69) is 17.4 Å². The molecule has 30 heavy (non-hydrogen) atoms. The van der Waals surface area contributed by atoms with Crippen LogP contribution in [-0.2, 0) is 16.0 Å². The molecule has 1 atom stereocenters. The Kier molecular flexibility index (Phi) is 7.61. The maximum Gasteiger partial charge on any atom is 0.338 e. The Labute approximate surface area is 176 Å². The Morgan fingerprint density at radius 2 is 1.43 bits per heavy atom. The number of amides is 1. The number of para-hydroxylation sites is 1. The molecule has 0 unspecified atom stereocenters. The van der Waals surface area contributed by atoms with Gasteiger partial charge in [-0.1, -0.05) is 48.5 Å². The molecule has 0 radical (unpaired) electrons. The molecule has 3 aromatic rings. The van der Waals surface area contributed by atoms with E-state index in [0.29, 0.717) is 17.1 Å². The van der Waals surface area contributed by atoms with Crippen LogP contribution in [0.15, 0.2) is 84.9 Å². The highest BCUT2D eigenvalue weighted by Crippen LogP contribution is 2.21. The molecule has 0 aliphatic heterocycles. The van der Waals surface area contributed by atoms with Crippen molar-refractivity contribution in [1.82, 2.24) is 5.32 Å². The second kappa shape index (κ2) is 10.8. The molecule has 0 bridgehead atoms. The van der Waals surface area contributed by atoms with Gasteiger partial charge in [0.05, 0.1) is 5.56 Å². The van der Waals surface area contributed by atoms with Gasteiger partial charge in [-0.2, -0.15) is 0 Å². The average molecular weight is 403 g/mol. The molecule has 0 aliphatic carbocycles. The number of ether oxygens (including phenoxy) is 2. The summed E-state index contributed by atoms with van der Waals surface area (Å²) in [5.74, 6) is 0.468. The lowest BCUT2D eigenvalue weighted by Gasteiger charge is -2.14. The molecule has 1 amide bonds. The van der Waals surface area contributed by atoms with E-state index in [1.807, 2.05) is 55.5 Å². The summed E-state index contributed by atoms with van der Waals surface area (Å²) in [5.41, 5.74) is 1.59. The molecule has 3 aromatic carbocycles. The van der Waals surface area contributed by atoms with E-state index in [1.165, 1.54) is 5.56 Å². The summed E-state index contributed by atoms with van der Waals surface area (Å²) in [6.45, 7) is 1.63. The third-order valence-electron chi connectivity index (χ3n) is 4.52. The number of hydrogen-bond donors (Lipinski definition) is 1. The zero-order chi connectivity index (χ0) is 21.2. The van der Waals surface area contributed by atoms with Crippen LogP contribution >= 0.6 is 0 Å². The van der Waals surface area contributed by atoms with Crippen molar-refractivity contribution in [3.63, 3.8) is 0 Å². The van der Waals surface area contributed by atoms with Gasteiger partial charge in [0.25, 0.3) is 5.91 Å². The number of esters is 1. The van der Waals surface area contributed by atoms with E-state index >= 15 is 0 Å². The topological polar surface area (TPSA) is 64.6 Å². The second-order valence-corrected chi connectivity index (χ2v) is 7.01. The van der Waals surface area contributed by atoms with Gasteiger partial charge in [-0.05, 0) is 61.7 Å². The third kappa shape index (κ3) is 6.78. The summed E-state index contributed by atoms with van der Waals surface area (Å²) >= 11 is 0. The van der Waals surface area contributed by atoms with E-state index < -0.39 is 5.97 Å². The van der Waals surface area contributed by atoms with Crippen molar-refractivity contribution in [2.45, 2.75) is 25.8 Å². The SMILES string of the molecule is C[C@H](CCc1ccccc1)NC(=O)COC(=O)c1ccc(Oc2ccccc2)cc1. The van der Waals surface area contributed by atoms with E-state index in [4.69, 9.17) is 9.47 Å². The Morgan fingerprint density at radius 3 is 2.10 bits per heavy atom. The molecule has 1 N–H and O–H groups in total. The molecule has 0 saturated carbocycles. The number of rotatable bonds is 9. The lowest BCUT2D eigenvalue weighted by Crippen LogP contribution is -2.36. The van der Waals surface area contributed by atoms with Crippen LogP contribution in [-0.4, -0.2) is 24.5 Å². The van der Waals surface area contributed by atoms with Crippen LogP contribution in [0.1, 0.15) is 29.3 Å². The Balaban J connectivity index is 1.40. The fourth-order valence-electron chi connectivity index (χ4n) is 2.91. The van der Waals surface area contributed by atoms with Crippen LogP contribution in [0.4, 0.5) is 0 Å². The van der Waals surface area contributed by atoms with Gasteiger partial charge >= 0.3 is 5.97 Å². The summed E-state index contributed by atoms with van der Waals surface area (Å²) in [6, 6.07) is 26.1. The Bertz CT molecular complexity index is 940. The number of nitrogens with one attached hydrogen (secondary N) is 1. The molecule has 5 nitrogen and oxygen atoms in total. The van der Waals surface area contributed by atoms with Crippen LogP contribution in [0, 0.1) is 0 Å². The zero-order valence-electron chi connectivity index (χ0n) is 16.9. The quantitative estimate of drug-likeness (QED) is 0.523. The lowest BCUT2D eigenvalue weighted by molar-refractivity contribution is -0.124. The molecular weight excluding hydrogens is 378 g/mol. The minimum absolute atomic E-state index is 0.00849. The first-order valence-corrected chi connectivity index (χ1v) is 9.93. The maximum atomic E-state index is 12.2. The summed E-state index contributed by atoms with van der Waals surface area (Å²) in [7, 11) is 0. The van der Waals surface area contributed by atoms with E-state index in [1.54, 1.807) is 24.3 Å². The predicted octanol–water partition coefficient (Wildman–Crippen LogP) is 4.77. The van der Waals surface area contributed by atoms with Gasteiger partial charge in [-0.3, -0.25) is 4.79 Å². The van der Waals surface area contributed by atoms with Crippen molar-refractivity contribution in [2.24, 2.45) is 0 Å². The largest absolute Gasteiger partial charge is 0.457 e. The first kappa shape index (κ1) is 21.1. The maximum absolute atomic E-state index is 12.2. The molecule has 0 saturated heterocycles. The monoisotopic (exact) mass is 403 g/mol. The summed E-state index contributed by atoms with van der Waals surface area (Å²) in [6.07, 6.45) is 1.69. The minimum atomic E-state index is -0.548. The first-order valence-electron chi connectivity index (χ1n) is 9.93. The van der Waals surface area contributed by atoms with E-state index in [0.717, 1.165) is 12.8 Å². The molecule has 0 aromatic heterocycles. The van der Waals surface area contributed by atoms with Gasteiger partial charge in [0.2, 0.25) is 0 Å². The highest BCUT2D eigenvalue weighted by molar-refractivity contribution is 5.91. The van der Waals surface area contributed by atoms with Gasteiger partial charge in [0.15, 0.2) is 6.61 Å². The highest BCUT2D eigenvalue weighted by atomic mass is 16.5. The fraction of sp³-hybridized carbons (Fsp3) is 0.200. The molecule has 0 spiro atoms. The number of carbonyl (C=O) groups is 2. The van der Waals surface area contributed by atoms with Gasteiger partial charge in [-0.15, -0.1) is 0 Å². The van der Waals surface area contributed by atoms with E-state index in [-0.39, 0.29) is 18.6 Å². The highest BCUT2D eigenvalue weighted by Gasteiger charge is 2.12. The van der Waals surface area contributed by atoms with Gasteiger partial charge < -0.3 is 14.8 Å². The molecule has 0 aliphatic rings. The van der Waals surface area contributed by atoms with Crippen molar-refractivity contribution < 1.29 is 19.1 Å². The van der Waals surface area contributed by atoms with Crippen molar-refractivity contribution in [1.29, 1.82) is 0 Å². The number of aryl methyl sites for hydroxylation is 1. The smallest absolute Gasteiger partial charge is 0.338 e. The lowest BCUT2D eigenvalue weighted by atomic mass is 10.1. The Morgan fingerprint density at radius 1 is 0.833 bits per heavy atom. The predicted molar refractivity (Wildman–Crippen MR) is 116 cm³/mol. The van der Waals surface area contributed by atoms with Crippen LogP contribution in [0.3, 0.4) is 0 Å². The number of carbonyl (C=O) groups excluding carboxylic acids is 2. The molecule has 0 heterocycles. The van der Waals surface area contributed by atoms with Crippen molar-refractivity contribution in [3.05, 3.63) is 96.1 Å². The van der Waals surface area contributed by atoms with Crippen molar-refractivity contribution >= 4 is 11.9 Å². The van der Waals surface area contributed by atoms with Crippen molar-refractivity contribution in [3.8, 4) is 11.5 Å². The van der Waals surface area contributed by atoms with Gasteiger partial charge in [0, 0.05) is 6.04 Å². The van der Waals surface area contributed by atoms with Crippen molar-refractivity contribution in [2.75, 3.05) is 6.61 Å². The number of hydrogen-bond acceptors (Lipinski definition) is 4. The zero-order valence-corrected chi connectivity index (χ0v) is 16.9. The minimum Gasteiger partial charge on any atom is -0.457 e. The third-order valence-corrected chi connectivity index (χ3v) is 4.52. The first-order chi connectivity index (χ1) is 14.6. The summed E-state index contributed by atoms with van der Waals surface area (Å²) in [5, 5.41) is 2.86. The van der Waals surface area contributed by atoms with E-state index in [9.17, 15) is 9.59 Å². The average Bonchev–Trinajstić information content (AvgIpc) is 2.78. The van der Waals surface area contributed by atoms with Gasteiger partial charge in [0.1, 0.15) is 11.5 Å². The summed E-state index contributed by atoms with van der Waals surface area (Å²) < 4.78 is 10.8. The summed E-state index contributed by atoms with van der Waals surface area (Å²) in [4.78, 5) is 24.2. The normalized spacial score (nSPS) is 11.4. The molecular formula is C25H25NO4. The van der Waals surface area contributed by atoms with Crippen LogP contribution in [0.25, 0.3) is 0 Å². The standard InChI is InChI=1S/C25H25NO4/c1-19(12-13-20-8-4-2-5-9-20)26-24(27)18-29-25(28)21-14-16-23(17-15-21)30-22-10-6-3-7-11-22/h2-11,14-17,19H,12-13,18H2,1H3,(H,26,27)/t19-/m1/s1. The second-order valence-electron chi connectivity index (χ2n) is 7.01. The molecule has 0 fully saturated rings. The fourth-order valence-corrected chi connectivity index (χ4v) is 2.91. The van der Waals surface area contributed by atoms with Crippen LogP contribution < -0.4 is 10.1 Å². The Hall–Kier alpha value is -3.60. The molecule has 5 heteroatoms. The van der Waals surface area contributed by atoms with Gasteiger partial charge in [-0.25, -0.2) is 4.79 Å². The van der Waals surface area contributed by atoms with Crippen LogP contribution in [0.5, 0.6) is 11.5 Å². The molecule has 154 valence electrons. The molecule has 3 rings (SSSR count).